The van der Waals surface area contributed by atoms with Gasteiger partial charge in [0.25, 0.3) is 0 Å². The second-order valence-corrected chi connectivity index (χ2v) is 26.2. The molecule has 0 aliphatic heterocycles. The van der Waals surface area contributed by atoms with Gasteiger partial charge in [0, 0.05) is 76.4 Å². The van der Waals surface area contributed by atoms with Crippen LogP contribution in [0.5, 0.6) is 0 Å². The van der Waals surface area contributed by atoms with E-state index in [0.29, 0.717) is 0 Å². The van der Waals surface area contributed by atoms with Crippen molar-refractivity contribution < 1.29 is 0 Å². The topological polar surface area (TPSA) is 44.5 Å². The van der Waals surface area contributed by atoms with Gasteiger partial charge < -0.3 is 9.13 Å². The molecule has 0 radical (unpaired) electrons. The zero-order valence-corrected chi connectivity index (χ0v) is 48.6. The predicted molar refractivity (Wildman–Crippen MR) is 363 cm³/mol. The van der Waals surface area contributed by atoms with E-state index < -0.39 is 0 Å². The monoisotopic (exact) mass is 1100 g/mol. The molecule has 19 aromatic rings. The largest absolute Gasteiger partial charge is 0.309 e. The smallest absolute Gasteiger partial charge is 0.165 e. The third kappa shape index (κ3) is 6.29. The number of benzene rings is 12. The van der Waals surface area contributed by atoms with Crippen LogP contribution in [0.25, 0.3) is 175 Å². The third-order valence-electron chi connectivity index (χ3n) is 19.2. The highest BCUT2D eigenvalue weighted by molar-refractivity contribution is 6.34. The maximum Gasteiger partial charge on any atom is 0.165 e. The lowest BCUT2D eigenvalue weighted by molar-refractivity contribution is 0.591. The second-order valence-electron chi connectivity index (χ2n) is 26.2. The molecule has 0 unspecified atom stereocenters. The molecule has 0 saturated carbocycles. The first-order chi connectivity index (χ1) is 41.9. The summed E-state index contributed by atoms with van der Waals surface area (Å²) in [5.74, 6) is 0. The molecule has 0 N–H and O–H groups in total. The fraction of sp³-hybridized carbons (Fsp3) is 0.100. The molecule has 6 nitrogen and oxygen atoms in total. The Balaban J connectivity index is 0.965. The van der Waals surface area contributed by atoms with Crippen LogP contribution < -0.4 is 0 Å². The van der Waals surface area contributed by atoms with Crippen molar-refractivity contribution in [3.63, 3.8) is 0 Å². The molecule has 86 heavy (non-hydrogen) atoms. The van der Waals surface area contributed by atoms with Gasteiger partial charge in [-0.3, -0.25) is 8.80 Å². The molecule has 6 heteroatoms. The van der Waals surface area contributed by atoms with Gasteiger partial charge in [-0.1, -0.05) is 175 Å². The van der Waals surface area contributed by atoms with Gasteiger partial charge in [-0.05, 0) is 152 Å². The number of nitrogens with zero attached hydrogens (tertiary/aromatic N) is 6. The van der Waals surface area contributed by atoms with Crippen molar-refractivity contribution >= 4 is 142 Å². The molecule has 12 aromatic carbocycles. The first kappa shape index (κ1) is 47.9. The maximum absolute atomic E-state index is 6.12. The quantitative estimate of drug-likeness (QED) is 0.176. The highest BCUT2D eigenvalue weighted by atomic mass is 15.1. The number of fused-ring (bicyclic) bond motifs is 22. The van der Waals surface area contributed by atoms with E-state index in [9.17, 15) is 0 Å². The van der Waals surface area contributed by atoms with Crippen LogP contribution in [0.4, 0.5) is 0 Å². The van der Waals surface area contributed by atoms with Gasteiger partial charge in [0.05, 0.1) is 44.1 Å². The first-order valence-electron chi connectivity index (χ1n) is 30.1. The van der Waals surface area contributed by atoms with Gasteiger partial charge in [-0.25, -0.2) is 9.97 Å². The summed E-state index contributed by atoms with van der Waals surface area (Å²) in [5, 5.41) is 17.0. The van der Waals surface area contributed by atoms with Crippen molar-refractivity contribution in [2.45, 2.75) is 52.4 Å². The SMILES string of the molecule is CC(C)(C)c1cc2c3nc4c(nc3n3c5c(-c6ccc7c(c6)c6ccccc6n7-c6ccccc6)cc6ccccc6c5c(c1)c23)c1cc(C(C)(C)C)cc2c3c5ccccc5cc(-c5ccc6c(c5)c5ccccc5n6-c5ccccc5)c3n4c12. The van der Waals surface area contributed by atoms with Crippen molar-refractivity contribution in [1.29, 1.82) is 0 Å². The van der Waals surface area contributed by atoms with E-state index in [0.717, 1.165) is 77.7 Å². The van der Waals surface area contributed by atoms with Gasteiger partial charge >= 0.3 is 0 Å². The Morgan fingerprint density at radius 3 is 1.07 bits per heavy atom. The molecule has 0 spiro atoms. The molecule has 0 saturated heterocycles. The average Bonchev–Trinajstić information content (AvgIpc) is 1.54. The van der Waals surface area contributed by atoms with Crippen molar-refractivity contribution in [1.82, 2.24) is 27.9 Å². The maximum atomic E-state index is 6.12. The molecule has 0 atom stereocenters. The summed E-state index contributed by atoms with van der Waals surface area (Å²) >= 11 is 0. The van der Waals surface area contributed by atoms with Crippen LogP contribution in [-0.2, 0) is 10.8 Å². The Morgan fingerprint density at radius 1 is 0.291 bits per heavy atom. The minimum Gasteiger partial charge on any atom is -0.309 e. The Kier molecular flexibility index (Phi) is 9.25. The molecule has 406 valence electrons. The summed E-state index contributed by atoms with van der Waals surface area (Å²) < 4.78 is 9.82. The first-order valence-corrected chi connectivity index (χ1v) is 30.1. The Morgan fingerprint density at radius 2 is 0.651 bits per heavy atom. The zero-order valence-electron chi connectivity index (χ0n) is 48.6. The fourth-order valence-electron chi connectivity index (χ4n) is 15.2. The van der Waals surface area contributed by atoms with Gasteiger partial charge in [-0.2, -0.15) is 0 Å². The molecule has 0 fully saturated rings. The zero-order chi connectivity index (χ0) is 57.2. The van der Waals surface area contributed by atoms with E-state index in [-0.39, 0.29) is 10.8 Å². The Hall–Kier alpha value is -10.6. The van der Waals surface area contributed by atoms with Crippen LogP contribution in [0.2, 0.25) is 0 Å². The molecular formula is C80H56N6. The van der Waals surface area contributed by atoms with Gasteiger partial charge in [-0.15, -0.1) is 0 Å². The minimum absolute atomic E-state index is 0.162. The van der Waals surface area contributed by atoms with E-state index in [1.54, 1.807) is 0 Å². The van der Waals surface area contributed by atoms with Gasteiger partial charge in [0.1, 0.15) is 11.0 Å². The number of para-hydroxylation sites is 4. The summed E-state index contributed by atoms with van der Waals surface area (Å²) in [5.41, 5.74) is 22.1. The number of rotatable bonds is 4. The molecule has 0 bridgehead atoms. The van der Waals surface area contributed by atoms with Gasteiger partial charge in [0.15, 0.2) is 11.3 Å². The van der Waals surface area contributed by atoms with E-state index in [1.165, 1.54) is 109 Å². The molecule has 19 rings (SSSR count). The number of aromatic nitrogens is 6. The van der Waals surface area contributed by atoms with Crippen LogP contribution in [0, 0.1) is 0 Å². The van der Waals surface area contributed by atoms with Crippen LogP contribution in [0.15, 0.2) is 231 Å². The summed E-state index contributed by atoms with van der Waals surface area (Å²) in [6.07, 6.45) is 0. The molecule has 0 amide bonds. The van der Waals surface area contributed by atoms with E-state index in [4.69, 9.17) is 9.97 Å². The molecular weight excluding hydrogens is 1040 g/mol. The lowest BCUT2D eigenvalue weighted by atomic mass is 9.85. The Bertz CT molecular complexity index is 5760. The van der Waals surface area contributed by atoms with Crippen molar-refractivity contribution in [3.05, 3.63) is 242 Å². The van der Waals surface area contributed by atoms with Gasteiger partial charge in [0.2, 0.25) is 0 Å². The summed E-state index contributed by atoms with van der Waals surface area (Å²) in [6, 6.07) is 86.0. The van der Waals surface area contributed by atoms with Crippen LogP contribution in [0.1, 0.15) is 52.7 Å². The molecule has 7 aromatic heterocycles. The average molecular weight is 1100 g/mol. The number of hydrogen-bond acceptors (Lipinski definition) is 2. The molecule has 7 heterocycles. The predicted octanol–water partition coefficient (Wildman–Crippen LogP) is 21.2. The lowest BCUT2D eigenvalue weighted by Crippen LogP contribution is -2.10. The van der Waals surface area contributed by atoms with E-state index >= 15 is 0 Å². The molecule has 0 aliphatic rings. The van der Waals surface area contributed by atoms with E-state index in [1.807, 2.05) is 0 Å². The van der Waals surface area contributed by atoms with E-state index in [2.05, 4.69) is 290 Å². The third-order valence-corrected chi connectivity index (χ3v) is 19.2. The fourth-order valence-corrected chi connectivity index (χ4v) is 15.2. The van der Waals surface area contributed by atoms with Crippen molar-refractivity contribution in [2.75, 3.05) is 0 Å². The molecule has 0 aliphatic carbocycles. The Labute approximate surface area is 494 Å². The highest BCUT2D eigenvalue weighted by Gasteiger charge is 2.31. The second kappa shape index (κ2) is 16.6. The van der Waals surface area contributed by atoms with Crippen LogP contribution in [-0.4, -0.2) is 27.9 Å². The lowest BCUT2D eigenvalue weighted by Gasteiger charge is -2.19. The number of hydrogen-bond donors (Lipinski definition) is 0. The normalized spacial score (nSPS) is 13.0. The van der Waals surface area contributed by atoms with Crippen LogP contribution >= 0.6 is 0 Å². The summed E-state index contributed by atoms with van der Waals surface area (Å²) in [7, 11) is 0. The highest BCUT2D eigenvalue weighted by Crippen LogP contribution is 2.51. The standard InChI is InChI=1S/C80H56N6/c1-79(2,3)49-41-61-69-53-27-15-13-21-45(53)37-57(47-33-35-67-59(39-47)55-29-17-19-31-65(55)83(67)51-23-9-7-10-24-51)75(69)85-73(61)63(43-49)71-77(85)82-72-64-44-50(80(4,5)6)42-62-70-54-28-16-14-22-46(54)38-58(76(70)86(74(62)64)78(72)81-71)48-34-36-68-60(40-48)56-30-18-20-32-66(56)84(68)52-25-11-8-12-26-52/h7-44H,1-6H3. The van der Waals surface area contributed by atoms with Crippen molar-refractivity contribution in [2.24, 2.45) is 0 Å². The van der Waals surface area contributed by atoms with Crippen molar-refractivity contribution in [3.8, 4) is 33.6 Å². The minimum atomic E-state index is -0.162. The summed E-state index contributed by atoms with van der Waals surface area (Å²) in [4.78, 5) is 12.2. The van der Waals surface area contributed by atoms with Crippen LogP contribution in [0.3, 0.4) is 0 Å². The summed E-state index contributed by atoms with van der Waals surface area (Å²) in [6.45, 7) is 14.0.